The van der Waals surface area contributed by atoms with Gasteiger partial charge in [0.1, 0.15) is 23.7 Å². The number of benzene rings is 2. The molecule has 7 rings (SSSR count). The van der Waals surface area contributed by atoms with Gasteiger partial charge >= 0.3 is 6.01 Å². The molecule has 4 aliphatic heterocycles. The fourth-order valence-electron chi connectivity index (χ4n) is 7.94. The summed E-state index contributed by atoms with van der Waals surface area (Å²) in [4.78, 5) is 14.3. The number of nitrogens with one attached hydrogen (secondary N) is 1. The first kappa shape index (κ1) is 29.3. The summed E-state index contributed by atoms with van der Waals surface area (Å²) in [6.45, 7) is 13.9. The average molecular weight is 616 g/mol. The van der Waals surface area contributed by atoms with Crippen molar-refractivity contribution in [2.45, 2.75) is 63.1 Å². The van der Waals surface area contributed by atoms with Crippen LogP contribution in [0, 0.1) is 5.82 Å². The number of fused-ring (bicyclic) bond motifs is 4. The van der Waals surface area contributed by atoms with E-state index in [1.807, 2.05) is 13.0 Å². The van der Waals surface area contributed by atoms with Gasteiger partial charge in [0.05, 0.1) is 10.6 Å². The average Bonchev–Trinajstić information content (AvgIpc) is 3.65. The maximum atomic E-state index is 16.9. The van der Waals surface area contributed by atoms with Crippen LogP contribution in [-0.4, -0.2) is 70.4 Å². The Bertz CT molecular complexity index is 1680. The van der Waals surface area contributed by atoms with Gasteiger partial charge in [0, 0.05) is 42.7 Å². The Balaban J connectivity index is 1.37. The summed E-state index contributed by atoms with van der Waals surface area (Å²) in [5, 5.41) is 15.1. The largest absolute Gasteiger partial charge is 0.508 e. The van der Waals surface area contributed by atoms with E-state index in [0.717, 1.165) is 69.4 Å². The third-order valence-electron chi connectivity index (χ3n) is 9.87. The Hall–Kier alpha value is -3.46. The minimum Gasteiger partial charge on any atom is -0.508 e. The van der Waals surface area contributed by atoms with Gasteiger partial charge in [0.25, 0.3) is 0 Å². The van der Waals surface area contributed by atoms with Crippen LogP contribution >= 0.6 is 11.6 Å². The van der Waals surface area contributed by atoms with Crippen molar-refractivity contribution < 1.29 is 14.2 Å². The highest BCUT2D eigenvalue weighted by Gasteiger charge is 2.46. The number of anilines is 1. The van der Waals surface area contributed by atoms with Gasteiger partial charge in [-0.05, 0) is 80.0 Å². The molecule has 9 heteroatoms. The quantitative estimate of drug-likeness (QED) is 0.217. The number of aromatic hydroxyl groups is 1. The van der Waals surface area contributed by atoms with Crippen molar-refractivity contribution in [3.05, 3.63) is 71.0 Å². The molecular weight excluding hydrogens is 577 g/mol. The van der Waals surface area contributed by atoms with Gasteiger partial charge in [0.2, 0.25) is 0 Å². The zero-order chi connectivity index (χ0) is 30.6. The Morgan fingerprint density at radius 2 is 2.02 bits per heavy atom. The number of phenolic OH excluding ortho intramolecular Hbond substituents is 1. The number of hydrogen-bond acceptors (Lipinski definition) is 7. The number of nitrogens with zero attached hydrogens (tertiary/aromatic N) is 4. The van der Waals surface area contributed by atoms with E-state index in [0.29, 0.717) is 41.9 Å². The maximum absolute atomic E-state index is 16.9. The molecule has 5 heterocycles. The molecule has 3 unspecified atom stereocenters. The van der Waals surface area contributed by atoms with Crippen LogP contribution in [0.1, 0.15) is 50.2 Å². The molecule has 2 bridgehead atoms. The van der Waals surface area contributed by atoms with E-state index in [2.05, 4.69) is 28.3 Å². The van der Waals surface area contributed by atoms with Crippen LogP contribution in [0.15, 0.2) is 49.1 Å². The summed E-state index contributed by atoms with van der Waals surface area (Å²) in [5.74, 6) is 0.125. The van der Waals surface area contributed by atoms with Gasteiger partial charge in [-0.25, -0.2) is 4.39 Å². The molecule has 2 aromatic carbocycles. The van der Waals surface area contributed by atoms with Crippen LogP contribution in [0.4, 0.5) is 10.2 Å². The van der Waals surface area contributed by atoms with Crippen LogP contribution in [0.2, 0.25) is 5.02 Å². The Morgan fingerprint density at radius 1 is 1.23 bits per heavy atom. The van der Waals surface area contributed by atoms with Crippen molar-refractivity contribution in [2.24, 2.45) is 0 Å². The van der Waals surface area contributed by atoms with Crippen LogP contribution in [-0.2, 0) is 6.42 Å². The van der Waals surface area contributed by atoms with Crippen LogP contribution in [0.3, 0.4) is 0 Å². The van der Waals surface area contributed by atoms with Crippen LogP contribution < -0.4 is 15.0 Å². The first-order valence-electron chi connectivity index (χ1n) is 15.7. The number of aromatic nitrogens is 2. The first-order chi connectivity index (χ1) is 21.3. The molecule has 3 atom stereocenters. The highest BCUT2D eigenvalue weighted by Crippen LogP contribution is 2.44. The lowest BCUT2D eigenvalue weighted by Gasteiger charge is -2.34. The minimum atomic E-state index is -0.548. The predicted molar refractivity (Wildman–Crippen MR) is 175 cm³/mol. The molecular formula is C35H39ClFN5O2. The summed E-state index contributed by atoms with van der Waals surface area (Å²) in [6.07, 6.45) is 11.2. The summed E-state index contributed by atoms with van der Waals surface area (Å²) in [6, 6.07) is 5.92. The van der Waals surface area contributed by atoms with Gasteiger partial charge < -0.3 is 20.1 Å². The smallest absolute Gasteiger partial charge is 0.319 e. The van der Waals surface area contributed by atoms with Crippen molar-refractivity contribution >= 4 is 34.4 Å². The van der Waals surface area contributed by atoms with E-state index < -0.39 is 5.82 Å². The molecule has 0 spiro atoms. The maximum Gasteiger partial charge on any atom is 0.319 e. The highest BCUT2D eigenvalue weighted by molar-refractivity contribution is 6.34. The van der Waals surface area contributed by atoms with E-state index in [1.54, 1.807) is 30.4 Å². The molecule has 7 nitrogen and oxygen atoms in total. The molecule has 230 valence electrons. The Kier molecular flexibility index (Phi) is 7.63. The second-order valence-corrected chi connectivity index (χ2v) is 13.2. The first-order valence-corrected chi connectivity index (χ1v) is 16.1. The number of ether oxygens (including phenoxy) is 1. The number of allylic oxidation sites excluding steroid dienone is 2. The second kappa shape index (κ2) is 11.5. The molecule has 3 aromatic rings. The Labute approximate surface area is 263 Å². The predicted octanol–water partition coefficient (Wildman–Crippen LogP) is 6.67. The molecule has 0 amide bonds. The molecule has 1 aromatic heterocycles. The van der Waals surface area contributed by atoms with E-state index in [4.69, 9.17) is 26.3 Å². The molecule has 2 N–H and O–H groups in total. The second-order valence-electron chi connectivity index (χ2n) is 12.8. The molecule has 4 saturated heterocycles. The topological polar surface area (TPSA) is 73.8 Å². The van der Waals surface area contributed by atoms with E-state index in [9.17, 15) is 5.11 Å². The van der Waals surface area contributed by atoms with E-state index in [-0.39, 0.29) is 33.4 Å². The van der Waals surface area contributed by atoms with Gasteiger partial charge in [-0.3, -0.25) is 4.90 Å². The van der Waals surface area contributed by atoms with Crippen molar-refractivity contribution in [3.63, 3.8) is 0 Å². The van der Waals surface area contributed by atoms with Gasteiger partial charge in [0.15, 0.2) is 5.82 Å². The Morgan fingerprint density at radius 3 is 2.77 bits per heavy atom. The SMILES string of the molecule is C=C/C=C\c1cc(O)cc(-c2c(Cl)cc3c(N4CC5CCC(C4)N5)nc(OCC45CCCN4CC(=C)C5)nc3c2F)c1CC. The summed E-state index contributed by atoms with van der Waals surface area (Å²) >= 11 is 6.94. The third-order valence-corrected chi connectivity index (χ3v) is 10.2. The molecule has 44 heavy (non-hydrogen) atoms. The lowest BCUT2D eigenvalue weighted by molar-refractivity contribution is 0.108. The summed E-state index contributed by atoms with van der Waals surface area (Å²) < 4.78 is 23.4. The highest BCUT2D eigenvalue weighted by atomic mass is 35.5. The zero-order valence-electron chi connectivity index (χ0n) is 25.2. The zero-order valence-corrected chi connectivity index (χ0v) is 26.0. The number of piperazine rings is 1. The molecule has 0 aliphatic carbocycles. The molecule has 4 aliphatic rings. The van der Waals surface area contributed by atoms with Crippen LogP contribution in [0.25, 0.3) is 28.1 Å². The number of hydrogen-bond donors (Lipinski definition) is 2. The fraction of sp³-hybridized carbons (Fsp3) is 0.429. The molecule has 0 saturated carbocycles. The normalized spacial score (nSPS) is 25.0. The summed E-state index contributed by atoms with van der Waals surface area (Å²) in [7, 11) is 0. The van der Waals surface area contributed by atoms with Gasteiger partial charge in [-0.15, -0.1) is 0 Å². The van der Waals surface area contributed by atoms with E-state index in [1.165, 1.54) is 5.57 Å². The third kappa shape index (κ3) is 5.07. The lowest BCUT2D eigenvalue weighted by atomic mass is 9.92. The fourth-order valence-corrected chi connectivity index (χ4v) is 8.24. The standard InChI is InChI=1S/C35H39ClFN5O2/c1-4-6-8-22-13-25(43)14-27(26(22)5-2)30-29(36)15-28-32(31(30)37)39-34(40-33(28)41-18-23-9-10-24(19-41)38-23)44-20-35-11-7-12-42(35)17-21(3)16-35/h4,6,8,13-15,23-24,38,43H,1,3,5,7,9-12,16-20H2,2H3/b8-6-. The number of rotatable bonds is 8. The lowest BCUT2D eigenvalue weighted by Crippen LogP contribution is -2.51. The minimum absolute atomic E-state index is 0.0266. The van der Waals surface area contributed by atoms with Crippen molar-refractivity contribution in [3.8, 4) is 22.9 Å². The molecule has 0 radical (unpaired) electrons. The van der Waals surface area contributed by atoms with Crippen molar-refractivity contribution in [1.82, 2.24) is 20.2 Å². The van der Waals surface area contributed by atoms with Gasteiger partial charge in [-0.2, -0.15) is 9.97 Å². The monoisotopic (exact) mass is 615 g/mol. The van der Waals surface area contributed by atoms with Crippen LogP contribution in [0.5, 0.6) is 11.8 Å². The van der Waals surface area contributed by atoms with E-state index >= 15 is 4.39 Å². The number of halogens is 2. The van der Waals surface area contributed by atoms with Gasteiger partial charge in [-0.1, -0.05) is 55.5 Å². The van der Waals surface area contributed by atoms with Crippen molar-refractivity contribution in [1.29, 1.82) is 0 Å². The molecule has 4 fully saturated rings. The number of phenols is 1. The summed E-state index contributed by atoms with van der Waals surface area (Å²) in [5.41, 5.74) is 3.67. The van der Waals surface area contributed by atoms with Crippen molar-refractivity contribution in [2.75, 3.05) is 37.7 Å².